The lowest BCUT2D eigenvalue weighted by Gasteiger charge is -2.06. The number of hydrogen-bond acceptors (Lipinski definition) is 3. The molecule has 5 heteroatoms. The number of carbonyl (C=O) groups is 1. The van der Waals surface area contributed by atoms with Gasteiger partial charge in [-0.05, 0) is 31.2 Å². The van der Waals surface area contributed by atoms with E-state index in [0.29, 0.717) is 12.1 Å². The number of amides is 1. The molecule has 100 valence electrons. The molecular formula is C14H18N4O. The van der Waals surface area contributed by atoms with Crippen LogP contribution in [-0.4, -0.2) is 22.7 Å². The fourth-order valence-electron chi connectivity index (χ4n) is 1.78. The van der Waals surface area contributed by atoms with Gasteiger partial charge in [-0.15, -0.1) is 0 Å². The standard InChI is InChI=1S/C14H18N4O/c1-10-12(9-17-18(10)3)8-16-14(19)11-4-6-13(15-2)7-5-11/h4-7,9,15H,8H2,1-3H3,(H,16,19). The number of nitrogens with zero attached hydrogens (tertiary/aromatic N) is 2. The maximum atomic E-state index is 12.0. The topological polar surface area (TPSA) is 59.0 Å². The monoisotopic (exact) mass is 258 g/mol. The van der Waals surface area contributed by atoms with Crippen LogP contribution in [0.25, 0.3) is 0 Å². The molecule has 2 rings (SSSR count). The first-order valence-electron chi connectivity index (χ1n) is 6.15. The molecule has 1 aromatic heterocycles. The summed E-state index contributed by atoms with van der Waals surface area (Å²) < 4.78 is 1.79. The lowest BCUT2D eigenvalue weighted by Crippen LogP contribution is -2.23. The maximum Gasteiger partial charge on any atom is 0.251 e. The Morgan fingerprint density at radius 2 is 2.00 bits per heavy atom. The van der Waals surface area contributed by atoms with E-state index >= 15 is 0 Å². The van der Waals surface area contributed by atoms with Crippen molar-refractivity contribution in [3.8, 4) is 0 Å². The first-order valence-corrected chi connectivity index (χ1v) is 6.15. The number of benzene rings is 1. The van der Waals surface area contributed by atoms with Gasteiger partial charge in [-0.3, -0.25) is 9.48 Å². The molecule has 0 fully saturated rings. The summed E-state index contributed by atoms with van der Waals surface area (Å²) in [5.74, 6) is -0.0779. The Hall–Kier alpha value is -2.30. The van der Waals surface area contributed by atoms with E-state index in [1.807, 2.05) is 33.2 Å². The molecule has 0 atom stereocenters. The summed E-state index contributed by atoms with van der Waals surface area (Å²) in [6.07, 6.45) is 1.78. The summed E-state index contributed by atoms with van der Waals surface area (Å²) in [4.78, 5) is 12.0. The van der Waals surface area contributed by atoms with Crippen molar-refractivity contribution in [2.45, 2.75) is 13.5 Å². The molecule has 0 aliphatic carbocycles. The van der Waals surface area contributed by atoms with Crippen molar-refractivity contribution < 1.29 is 4.79 Å². The molecule has 1 heterocycles. The van der Waals surface area contributed by atoms with Crippen molar-refractivity contribution in [3.05, 3.63) is 47.3 Å². The van der Waals surface area contributed by atoms with E-state index in [2.05, 4.69) is 15.7 Å². The van der Waals surface area contributed by atoms with Crippen molar-refractivity contribution >= 4 is 11.6 Å². The van der Waals surface area contributed by atoms with Crippen LogP contribution in [0.2, 0.25) is 0 Å². The number of carbonyl (C=O) groups excluding carboxylic acids is 1. The minimum absolute atomic E-state index is 0.0779. The van der Waals surface area contributed by atoms with Gasteiger partial charge in [0.1, 0.15) is 0 Å². The fourth-order valence-corrected chi connectivity index (χ4v) is 1.78. The molecule has 0 bridgehead atoms. The summed E-state index contributed by atoms with van der Waals surface area (Å²) >= 11 is 0. The number of nitrogens with one attached hydrogen (secondary N) is 2. The fraction of sp³-hybridized carbons (Fsp3) is 0.286. The minimum Gasteiger partial charge on any atom is -0.388 e. The van der Waals surface area contributed by atoms with Crippen molar-refractivity contribution in [2.75, 3.05) is 12.4 Å². The molecule has 19 heavy (non-hydrogen) atoms. The Morgan fingerprint density at radius 1 is 1.32 bits per heavy atom. The molecule has 0 aliphatic heterocycles. The quantitative estimate of drug-likeness (QED) is 0.877. The number of anilines is 1. The summed E-state index contributed by atoms with van der Waals surface area (Å²) in [7, 11) is 3.73. The number of aryl methyl sites for hydroxylation is 1. The highest BCUT2D eigenvalue weighted by atomic mass is 16.1. The van der Waals surface area contributed by atoms with E-state index in [9.17, 15) is 4.79 Å². The highest BCUT2D eigenvalue weighted by Gasteiger charge is 2.08. The number of aromatic nitrogens is 2. The molecule has 0 saturated heterocycles. The normalized spacial score (nSPS) is 10.3. The van der Waals surface area contributed by atoms with E-state index in [0.717, 1.165) is 16.9 Å². The van der Waals surface area contributed by atoms with Crippen LogP contribution in [0.5, 0.6) is 0 Å². The predicted octanol–water partition coefficient (Wildman–Crippen LogP) is 1.70. The van der Waals surface area contributed by atoms with Crippen LogP contribution in [0.4, 0.5) is 5.69 Å². The van der Waals surface area contributed by atoms with Crippen LogP contribution in [-0.2, 0) is 13.6 Å². The molecule has 1 amide bonds. The van der Waals surface area contributed by atoms with Crippen LogP contribution < -0.4 is 10.6 Å². The number of hydrogen-bond donors (Lipinski definition) is 2. The van der Waals surface area contributed by atoms with Gasteiger partial charge in [0, 0.05) is 43.1 Å². The predicted molar refractivity (Wildman–Crippen MR) is 75.1 cm³/mol. The van der Waals surface area contributed by atoms with E-state index < -0.39 is 0 Å². The second kappa shape index (κ2) is 5.56. The zero-order valence-electron chi connectivity index (χ0n) is 11.4. The van der Waals surface area contributed by atoms with Crippen LogP contribution in [0, 0.1) is 6.92 Å². The lowest BCUT2D eigenvalue weighted by atomic mass is 10.2. The van der Waals surface area contributed by atoms with Gasteiger partial charge < -0.3 is 10.6 Å². The smallest absolute Gasteiger partial charge is 0.251 e. The summed E-state index contributed by atoms with van der Waals surface area (Å²) in [5, 5.41) is 10.1. The summed E-state index contributed by atoms with van der Waals surface area (Å²) in [6, 6.07) is 7.36. The first kappa shape index (κ1) is 13.1. The molecule has 2 N–H and O–H groups in total. The van der Waals surface area contributed by atoms with E-state index in [-0.39, 0.29) is 5.91 Å². The SMILES string of the molecule is CNc1ccc(C(=O)NCc2cnn(C)c2C)cc1. The first-order chi connectivity index (χ1) is 9.11. The van der Waals surface area contributed by atoms with Crippen molar-refractivity contribution in [1.29, 1.82) is 0 Å². The Morgan fingerprint density at radius 3 is 2.53 bits per heavy atom. The summed E-state index contributed by atoms with van der Waals surface area (Å²) in [5.41, 5.74) is 3.73. The van der Waals surface area contributed by atoms with Gasteiger partial charge in [-0.25, -0.2) is 0 Å². The molecule has 0 radical (unpaired) electrons. The zero-order chi connectivity index (χ0) is 13.8. The van der Waals surface area contributed by atoms with Gasteiger partial charge in [0.2, 0.25) is 0 Å². The van der Waals surface area contributed by atoms with Crippen molar-refractivity contribution in [1.82, 2.24) is 15.1 Å². The largest absolute Gasteiger partial charge is 0.388 e. The van der Waals surface area contributed by atoms with Crippen LogP contribution in [0.15, 0.2) is 30.5 Å². The Labute approximate surface area is 112 Å². The van der Waals surface area contributed by atoms with Crippen LogP contribution in [0.1, 0.15) is 21.6 Å². The van der Waals surface area contributed by atoms with Gasteiger partial charge in [-0.1, -0.05) is 0 Å². The number of rotatable bonds is 4. The zero-order valence-corrected chi connectivity index (χ0v) is 11.4. The molecule has 1 aromatic carbocycles. The lowest BCUT2D eigenvalue weighted by molar-refractivity contribution is 0.0951. The van der Waals surface area contributed by atoms with Crippen molar-refractivity contribution in [3.63, 3.8) is 0 Å². The van der Waals surface area contributed by atoms with Gasteiger partial charge in [0.05, 0.1) is 6.20 Å². The molecule has 0 saturated carbocycles. The van der Waals surface area contributed by atoms with E-state index in [4.69, 9.17) is 0 Å². The molecule has 5 nitrogen and oxygen atoms in total. The van der Waals surface area contributed by atoms with Gasteiger partial charge in [0.25, 0.3) is 5.91 Å². The molecule has 2 aromatic rings. The summed E-state index contributed by atoms with van der Waals surface area (Å²) in [6.45, 7) is 2.47. The Kier molecular flexibility index (Phi) is 3.85. The molecular weight excluding hydrogens is 240 g/mol. The molecule has 0 spiro atoms. The van der Waals surface area contributed by atoms with Crippen molar-refractivity contribution in [2.24, 2.45) is 7.05 Å². The molecule has 0 aliphatic rings. The van der Waals surface area contributed by atoms with Gasteiger partial charge in [0.15, 0.2) is 0 Å². The van der Waals surface area contributed by atoms with Crippen LogP contribution >= 0.6 is 0 Å². The second-order valence-electron chi connectivity index (χ2n) is 4.39. The third-order valence-electron chi connectivity index (χ3n) is 3.21. The Bertz CT molecular complexity index is 572. The van der Waals surface area contributed by atoms with E-state index in [1.165, 1.54) is 0 Å². The van der Waals surface area contributed by atoms with E-state index in [1.54, 1.807) is 23.0 Å². The minimum atomic E-state index is -0.0779. The van der Waals surface area contributed by atoms with Crippen LogP contribution in [0.3, 0.4) is 0 Å². The highest BCUT2D eigenvalue weighted by Crippen LogP contribution is 2.09. The second-order valence-corrected chi connectivity index (χ2v) is 4.39. The Balaban J connectivity index is 1.99. The van der Waals surface area contributed by atoms with Gasteiger partial charge in [-0.2, -0.15) is 5.10 Å². The van der Waals surface area contributed by atoms with Gasteiger partial charge >= 0.3 is 0 Å². The average Bonchev–Trinajstić information content (AvgIpc) is 2.76. The maximum absolute atomic E-state index is 12.0. The highest BCUT2D eigenvalue weighted by molar-refractivity contribution is 5.94. The molecule has 0 unspecified atom stereocenters. The third-order valence-corrected chi connectivity index (χ3v) is 3.21. The third kappa shape index (κ3) is 2.93. The average molecular weight is 258 g/mol.